The molecule has 2 nitrogen and oxygen atoms in total. The molecule has 1 rings (SSSR count). The molecule has 0 bridgehead atoms. The highest BCUT2D eigenvalue weighted by Crippen LogP contribution is 2.47. The molecule has 1 fully saturated rings. The molecule has 0 aromatic rings. The van der Waals surface area contributed by atoms with E-state index in [-0.39, 0.29) is 0 Å². The van der Waals surface area contributed by atoms with Crippen LogP contribution in [0.15, 0.2) is 0 Å². The van der Waals surface area contributed by atoms with Crippen LogP contribution in [0.5, 0.6) is 0 Å². The smallest absolute Gasteiger partial charge is 0.0528 e. The molecule has 1 atom stereocenters. The first-order valence-corrected chi connectivity index (χ1v) is 4.80. The molecule has 72 valence electrons. The monoisotopic (exact) mass is 171 g/mol. The summed E-state index contributed by atoms with van der Waals surface area (Å²) in [7, 11) is 0. The molecule has 0 aromatic heterocycles. The molecule has 1 heterocycles. The Morgan fingerprint density at radius 1 is 1.42 bits per heavy atom. The minimum Gasteiger partial charge on any atom is -0.381 e. The first-order valence-electron chi connectivity index (χ1n) is 4.80. The lowest BCUT2D eigenvalue weighted by molar-refractivity contribution is 0.0544. The molecule has 0 spiro atoms. The minimum atomic E-state index is 0.322. The van der Waals surface area contributed by atoms with Gasteiger partial charge in [-0.05, 0) is 24.8 Å². The van der Waals surface area contributed by atoms with E-state index in [1.54, 1.807) is 0 Å². The van der Waals surface area contributed by atoms with Gasteiger partial charge >= 0.3 is 0 Å². The van der Waals surface area contributed by atoms with E-state index >= 15 is 0 Å². The van der Waals surface area contributed by atoms with Crippen LogP contribution in [-0.4, -0.2) is 19.8 Å². The van der Waals surface area contributed by atoms with E-state index < -0.39 is 0 Å². The normalized spacial score (nSPS) is 31.0. The number of rotatable bonds is 2. The molecule has 1 aliphatic heterocycles. The molecule has 1 unspecified atom stereocenters. The zero-order valence-corrected chi connectivity index (χ0v) is 8.52. The summed E-state index contributed by atoms with van der Waals surface area (Å²) in [6.45, 7) is 9.46. The van der Waals surface area contributed by atoms with Gasteiger partial charge in [-0.1, -0.05) is 20.8 Å². The summed E-state index contributed by atoms with van der Waals surface area (Å²) in [6, 6.07) is 0. The van der Waals surface area contributed by atoms with Crippen LogP contribution in [0.1, 0.15) is 33.6 Å². The maximum Gasteiger partial charge on any atom is 0.0528 e. The van der Waals surface area contributed by atoms with Crippen LogP contribution in [0.4, 0.5) is 0 Å². The van der Waals surface area contributed by atoms with Crippen molar-refractivity contribution in [1.82, 2.24) is 0 Å². The number of hydrogen-bond acceptors (Lipinski definition) is 2. The Kier molecular flexibility index (Phi) is 2.79. The zero-order chi connectivity index (χ0) is 9.24. The van der Waals surface area contributed by atoms with Crippen molar-refractivity contribution in [2.75, 3.05) is 19.8 Å². The second kappa shape index (κ2) is 3.35. The highest BCUT2D eigenvalue weighted by Gasteiger charge is 2.43. The summed E-state index contributed by atoms with van der Waals surface area (Å²) in [4.78, 5) is 0. The minimum absolute atomic E-state index is 0.322. The summed E-state index contributed by atoms with van der Waals surface area (Å²) in [6.07, 6.45) is 2.27. The summed E-state index contributed by atoms with van der Waals surface area (Å²) >= 11 is 0. The van der Waals surface area contributed by atoms with Crippen molar-refractivity contribution in [1.29, 1.82) is 0 Å². The van der Waals surface area contributed by atoms with Crippen LogP contribution in [-0.2, 0) is 4.74 Å². The Bertz CT molecular complexity index is 142. The van der Waals surface area contributed by atoms with Gasteiger partial charge in [-0.25, -0.2) is 0 Å². The summed E-state index contributed by atoms with van der Waals surface area (Å²) in [5.41, 5.74) is 6.29. The Balaban J connectivity index is 2.72. The van der Waals surface area contributed by atoms with Crippen molar-refractivity contribution < 1.29 is 4.74 Å². The highest BCUT2D eigenvalue weighted by molar-refractivity contribution is 4.93. The van der Waals surface area contributed by atoms with Gasteiger partial charge in [0.1, 0.15) is 0 Å². The van der Waals surface area contributed by atoms with Crippen molar-refractivity contribution in [2.45, 2.75) is 33.6 Å². The molecule has 0 saturated carbocycles. The van der Waals surface area contributed by atoms with Gasteiger partial charge < -0.3 is 10.5 Å². The lowest BCUT2D eigenvalue weighted by Gasteiger charge is -2.40. The van der Waals surface area contributed by atoms with Gasteiger partial charge in [0.2, 0.25) is 0 Å². The SMILES string of the molecule is CC(C)(C)C1(CCN)CCOC1. The Labute approximate surface area is 75.5 Å². The van der Waals surface area contributed by atoms with Gasteiger partial charge in [-0.2, -0.15) is 0 Å². The third-order valence-electron chi connectivity index (χ3n) is 3.32. The molecule has 12 heavy (non-hydrogen) atoms. The van der Waals surface area contributed by atoms with E-state index in [1.807, 2.05) is 0 Å². The first kappa shape index (κ1) is 10.0. The highest BCUT2D eigenvalue weighted by atomic mass is 16.5. The molecule has 1 saturated heterocycles. The van der Waals surface area contributed by atoms with E-state index in [0.717, 1.165) is 26.2 Å². The molecular formula is C10H21NO. The number of ether oxygens (including phenoxy) is 1. The maximum atomic E-state index is 5.63. The largest absolute Gasteiger partial charge is 0.381 e. The fourth-order valence-corrected chi connectivity index (χ4v) is 2.05. The molecule has 0 amide bonds. The van der Waals surface area contributed by atoms with Crippen molar-refractivity contribution in [3.05, 3.63) is 0 Å². The summed E-state index contributed by atoms with van der Waals surface area (Å²) in [5.74, 6) is 0. The van der Waals surface area contributed by atoms with Crippen LogP contribution < -0.4 is 5.73 Å². The van der Waals surface area contributed by atoms with E-state index in [9.17, 15) is 0 Å². The van der Waals surface area contributed by atoms with E-state index in [4.69, 9.17) is 10.5 Å². The molecule has 0 aliphatic carbocycles. The predicted octanol–water partition coefficient (Wildman–Crippen LogP) is 1.79. The van der Waals surface area contributed by atoms with Gasteiger partial charge in [-0.15, -0.1) is 0 Å². The maximum absolute atomic E-state index is 5.63. The van der Waals surface area contributed by atoms with Crippen LogP contribution in [0, 0.1) is 10.8 Å². The Morgan fingerprint density at radius 2 is 2.08 bits per heavy atom. The van der Waals surface area contributed by atoms with Crippen molar-refractivity contribution >= 4 is 0 Å². The van der Waals surface area contributed by atoms with Gasteiger partial charge in [0, 0.05) is 12.0 Å². The fraction of sp³-hybridized carbons (Fsp3) is 1.00. The second-order valence-electron chi connectivity index (χ2n) is 4.87. The van der Waals surface area contributed by atoms with Gasteiger partial charge in [0.25, 0.3) is 0 Å². The average Bonchev–Trinajstić information content (AvgIpc) is 2.36. The van der Waals surface area contributed by atoms with Crippen molar-refractivity contribution in [2.24, 2.45) is 16.6 Å². The molecule has 1 aliphatic rings. The lowest BCUT2D eigenvalue weighted by Crippen LogP contribution is -2.38. The van der Waals surface area contributed by atoms with Crippen LogP contribution in [0.25, 0.3) is 0 Å². The Morgan fingerprint density at radius 3 is 2.42 bits per heavy atom. The quantitative estimate of drug-likeness (QED) is 0.687. The number of nitrogens with two attached hydrogens (primary N) is 1. The fourth-order valence-electron chi connectivity index (χ4n) is 2.05. The van der Waals surface area contributed by atoms with Gasteiger partial charge in [0.15, 0.2) is 0 Å². The molecule has 2 N–H and O–H groups in total. The Hall–Kier alpha value is -0.0800. The van der Waals surface area contributed by atoms with E-state index in [0.29, 0.717) is 10.8 Å². The topological polar surface area (TPSA) is 35.2 Å². The second-order valence-corrected chi connectivity index (χ2v) is 4.87. The first-order chi connectivity index (χ1) is 5.52. The third kappa shape index (κ3) is 1.64. The van der Waals surface area contributed by atoms with Crippen LogP contribution in [0.2, 0.25) is 0 Å². The average molecular weight is 171 g/mol. The lowest BCUT2D eigenvalue weighted by atomic mass is 9.64. The molecular weight excluding hydrogens is 150 g/mol. The predicted molar refractivity (Wildman–Crippen MR) is 51.0 cm³/mol. The van der Waals surface area contributed by atoms with Gasteiger partial charge in [0.05, 0.1) is 6.61 Å². The van der Waals surface area contributed by atoms with Gasteiger partial charge in [-0.3, -0.25) is 0 Å². The molecule has 2 heteroatoms. The third-order valence-corrected chi connectivity index (χ3v) is 3.32. The molecule has 0 aromatic carbocycles. The van der Waals surface area contributed by atoms with E-state index in [2.05, 4.69) is 20.8 Å². The standard InChI is InChI=1S/C10H21NO/c1-9(2,3)10(4-6-11)5-7-12-8-10/h4-8,11H2,1-3H3. The van der Waals surface area contributed by atoms with Crippen molar-refractivity contribution in [3.8, 4) is 0 Å². The zero-order valence-electron chi connectivity index (χ0n) is 8.52. The summed E-state index contributed by atoms with van der Waals surface area (Å²) < 4.78 is 5.48. The van der Waals surface area contributed by atoms with Crippen molar-refractivity contribution in [3.63, 3.8) is 0 Å². The molecule has 0 radical (unpaired) electrons. The van der Waals surface area contributed by atoms with Crippen LogP contribution >= 0.6 is 0 Å². The summed E-state index contributed by atoms with van der Waals surface area (Å²) in [5, 5.41) is 0. The number of hydrogen-bond donors (Lipinski definition) is 1. The van der Waals surface area contributed by atoms with E-state index in [1.165, 1.54) is 6.42 Å². The van der Waals surface area contributed by atoms with Crippen LogP contribution in [0.3, 0.4) is 0 Å².